The molecule has 1 aromatic carbocycles. The molecule has 33 heavy (non-hydrogen) atoms. The van der Waals surface area contributed by atoms with Crippen LogP contribution in [0.15, 0.2) is 35.6 Å². The second-order valence-electron chi connectivity index (χ2n) is 7.75. The molecule has 8 nitrogen and oxygen atoms in total. The van der Waals surface area contributed by atoms with Crippen molar-refractivity contribution >= 4 is 46.7 Å². The van der Waals surface area contributed by atoms with Crippen molar-refractivity contribution in [2.75, 3.05) is 22.9 Å². The Morgan fingerprint density at radius 1 is 1.06 bits per heavy atom. The van der Waals surface area contributed by atoms with Gasteiger partial charge in [-0.1, -0.05) is 17.7 Å². The third kappa shape index (κ3) is 7.83. The minimum absolute atomic E-state index is 0.442. The number of H-pyrrole nitrogens is 1. The predicted molar refractivity (Wildman–Crippen MR) is 142 cm³/mol. The Kier molecular flexibility index (Phi) is 8.79. The number of rotatable bonds is 7. The lowest BCUT2D eigenvalue weighted by atomic mass is 10.1. The lowest BCUT2D eigenvalue weighted by molar-refractivity contribution is 1.05. The Morgan fingerprint density at radius 3 is 2.48 bits per heavy atom. The Bertz CT molecular complexity index is 1120. The van der Waals surface area contributed by atoms with Gasteiger partial charge in [0, 0.05) is 34.3 Å². The highest BCUT2D eigenvalue weighted by molar-refractivity contribution is 7.98. The fourth-order valence-electron chi connectivity index (χ4n) is 3.14. The molecule has 3 rings (SSSR count). The first-order valence-electron chi connectivity index (χ1n) is 10.7. The number of aromatic amines is 1. The topological polar surface area (TPSA) is 103 Å². The van der Waals surface area contributed by atoms with Gasteiger partial charge < -0.3 is 15.6 Å². The predicted octanol–water partition coefficient (Wildman–Crippen LogP) is 4.43. The number of thioether (sulfide) groups is 1. The minimum Gasteiger partial charge on any atom is -0.348 e. The quantitative estimate of drug-likeness (QED) is 0.170. The Balaban J connectivity index is 1.65. The maximum Gasteiger partial charge on any atom is 0.229 e. The molecule has 0 radical (unpaired) electrons. The molecule has 0 aliphatic rings. The number of aryl methyl sites for hydroxylation is 5. The van der Waals surface area contributed by atoms with E-state index in [0.717, 1.165) is 45.5 Å². The summed E-state index contributed by atoms with van der Waals surface area (Å²) in [4.78, 5) is 21.0. The van der Waals surface area contributed by atoms with Crippen LogP contribution in [-0.4, -0.2) is 43.3 Å². The summed E-state index contributed by atoms with van der Waals surface area (Å²) in [6, 6.07) is 8.10. The molecule has 174 valence electrons. The average molecular weight is 483 g/mol. The van der Waals surface area contributed by atoms with E-state index in [1.165, 1.54) is 5.56 Å². The van der Waals surface area contributed by atoms with E-state index < -0.39 is 0 Å². The van der Waals surface area contributed by atoms with Crippen molar-refractivity contribution in [3.8, 4) is 0 Å². The fourth-order valence-corrected chi connectivity index (χ4v) is 4.19. The molecule has 0 aliphatic heterocycles. The zero-order valence-electron chi connectivity index (χ0n) is 19.6. The number of nitrogens with one attached hydrogen (secondary N) is 4. The molecule has 0 spiro atoms. The fraction of sp³-hybridized carbons (Fsp3) is 0.348. The molecule has 0 atom stereocenters. The molecule has 0 amide bonds. The van der Waals surface area contributed by atoms with Gasteiger partial charge >= 0.3 is 0 Å². The number of benzene rings is 1. The van der Waals surface area contributed by atoms with Gasteiger partial charge in [0.25, 0.3) is 0 Å². The van der Waals surface area contributed by atoms with Crippen LogP contribution in [0.4, 0.5) is 11.6 Å². The Hall–Kier alpha value is -2.98. The van der Waals surface area contributed by atoms with Crippen molar-refractivity contribution < 1.29 is 0 Å². The smallest absolute Gasteiger partial charge is 0.229 e. The van der Waals surface area contributed by atoms with Gasteiger partial charge in [-0.05, 0) is 64.5 Å². The monoisotopic (exact) mass is 482 g/mol. The van der Waals surface area contributed by atoms with Crippen molar-refractivity contribution in [1.29, 1.82) is 0 Å². The number of nitrogens with zero attached hydrogens (tertiary/aromatic N) is 4. The van der Waals surface area contributed by atoms with Gasteiger partial charge in [-0.25, -0.2) is 15.0 Å². The highest BCUT2D eigenvalue weighted by Gasteiger charge is 2.08. The normalized spacial score (nSPS) is 11.4. The Morgan fingerprint density at radius 2 is 1.82 bits per heavy atom. The van der Waals surface area contributed by atoms with Crippen molar-refractivity contribution in [1.82, 2.24) is 25.3 Å². The summed E-state index contributed by atoms with van der Waals surface area (Å²) in [5.41, 5.74) is 7.21. The van der Waals surface area contributed by atoms with Crippen LogP contribution in [0.25, 0.3) is 0 Å². The van der Waals surface area contributed by atoms with Gasteiger partial charge in [-0.3, -0.25) is 10.3 Å². The van der Waals surface area contributed by atoms with E-state index in [1.54, 1.807) is 18.1 Å². The van der Waals surface area contributed by atoms with Crippen molar-refractivity contribution in [3.05, 3.63) is 64.5 Å². The first kappa shape index (κ1) is 24.7. The third-order valence-electron chi connectivity index (χ3n) is 4.75. The van der Waals surface area contributed by atoms with E-state index in [2.05, 4.69) is 53.9 Å². The number of aliphatic imine (C=N–C) groups is 1. The number of imidazole rings is 1. The second kappa shape index (κ2) is 11.8. The number of aromatic nitrogens is 4. The van der Waals surface area contributed by atoms with Crippen LogP contribution in [0.5, 0.6) is 0 Å². The Labute approximate surface area is 204 Å². The first-order chi connectivity index (χ1) is 15.8. The van der Waals surface area contributed by atoms with Gasteiger partial charge in [0.1, 0.15) is 0 Å². The highest BCUT2D eigenvalue weighted by Crippen LogP contribution is 2.16. The average Bonchev–Trinajstić information content (AvgIpc) is 3.13. The van der Waals surface area contributed by atoms with E-state index >= 15 is 0 Å². The summed E-state index contributed by atoms with van der Waals surface area (Å²) in [6.07, 6.45) is 1.73. The van der Waals surface area contributed by atoms with Crippen molar-refractivity contribution in [2.24, 2.45) is 4.99 Å². The molecular formula is C23H30N8S2. The van der Waals surface area contributed by atoms with Crippen LogP contribution >= 0.6 is 24.0 Å². The van der Waals surface area contributed by atoms with Crippen LogP contribution < -0.4 is 16.0 Å². The molecule has 0 aliphatic carbocycles. The first-order valence-corrected chi connectivity index (χ1v) is 12.2. The molecule has 0 fully saturated rings. The van der Waals surface area contributed by atoms with E-state index in [-0.39, 0.29) is 0 Å². The summed E-state index contributed by atoms with van der Waals surface area (Å²) < 4.78 is 0. The van der Waals surface area contributed by atoms with Crippen LogP contribution in [-0.2, 0) is 5.75 Å². The summed E-state index contributed by atoms with van der Waals surface area (Å²) in [5, 5.41) is 10.0. The van der Waals surface area contributed by atoms with Gasteiger partial charge in [0.05, 0.1) is 18.6 Å². The molecule has 3 aromatic rings. The molecule has 4 N–H and O–H groups in total. The molecule has 2 heterocycles. The molecule has 10 heteroatoms. The van der Waals surface area contributed by atoms with Gasteiger partial charge in [0.15, 0.2) is 5.11 Å². The molecule has 0 saturated heterocycles. The molecule has 0 bridgehead atoms. The van der Waals surface area contributed by atoms with E-state index in [0.29, 0.717) is 23.6 Å². The van der Waals surface area contributed by atoms with Crippen LogP contribution in [0.2, 0.25) is 0 Å². The number of hydrogen-bond donors (Lipinski definition) is 4. The standard InChI is InChI=1S/C23H30N8S2/c1-14-6-7-19(15(2)10-14)29-23(32)31-21(30-22-27-16(3)11-17(4)28-22)24-8-9-33-12-20-18(5)25-13-26-20/h6-7,10-11,13H,8-9,12H2,1-5H3,(H,25,26)(H3,24,27,28,29,30,31,32). The van der Waals surface area contributed by atoms with Gasteiger partial charge in [-0.15, -0.1) is 0 Å². The summed E-state index contributed by atoms with van der Waals surface area (Å²) >= 11 is 7.32. The van der Waals surface area contributed by atoms with E-state index in [9.17, 15) is 0 Å². The number of hydrogen-bond acceptors (Lipinski definition) is 6. The van der Waals surface area contributed by atoms with Crippen molar-refractivity contribution in [3.63, 3.8) is 0 Å². The SMILES string of the molecule is Cc1ccc(NC(=S)NC(=NCCSCc2nc[nH]c2C)Nc2nc(C)cc(C)n2)c(C)c1. The van der Waals surface area contributed by atoms with Crippen LogP contribution in [0, 0.1) is 34.6 Å². The van der Waals surface area contributed by atoms with Crippen molar-refractivity contribution in [2.45, 2.75) is 40.4 Å². The second-order valence-corrected chi connectivity index (χ2v) is 9.27. The highest BCUT2D eigenvalue weighted by atomic mass is 32.2. The zero-order chi connectivity index (χ0) is 23.8. The lowest BCUT2D eigenvalue weighted by Crippen LogP contribution is -2.39. The molecule has 0 unspecified atom stereocenters. The number of thiocarbonyl (C=S) groups is 1. The zero-order valence-corrected chi connectivity index (χ0v) is 21.2. The summed E-state index contributed by atoms with van der Waals surface area (Å²) in [6.45, 7) is 10.6. The van der Waals surface area contributed by atoms with E-state index in [1.807, 2.05) is 45.9 Å². The maximum absolute atomic E-state index is 5.54. The minimum atomic E-state index is 0.442. The largest absolute Gasteiger partial charge is 0.348 e. The number of anilines is 2. The van der Waals surface area contributed by atoms with Crippen LogP contribution in [0.3, 0.4) is 0 Å². The maximum atomic E-state index is 5.54. The molecular weight excluding hydrogens is 452 g/mol. The third-order valence-corrected chi connectivity index (χ3v) is 5.91. The van der Waals surface area contributed by atoms with Gasteiger partial charge in [-0.2, -0.15) is 11.8 Å². The molecule has 0 saturated carbocycles. The molecule has 2 aromatic heterocycles. The lowest BCUT2D eigenvalue weighted by Gasteiger charge is -2.15. The number of guanidine groups is 1. The van der Waals surface area contributed by atoms with Crippen LogP contribution in [0.1, 0.15) is 33.9 Å². The van der Waals surface area contributed by atoms with Gasteiger partial charge in [0.2, 0.25) is 11.9 Å². The summed E-state index contributed by atoms with van der Waals surface area (Å²) in [7, 11) is 0. The summed E-state index contributed by atoms with van der Waals surface area (Å²) in [5.74, 6) is 2.66. The van der Waals surface area contributed by atoms with E-state index in [4.69, 9.17) is 12.2 Å².